The topological polar surface area (TPSA) is 83.5 Å². The molecule has 0 saturated carbocycles. The molecule has 0 spiro atoms. The van der Waals surface area contributed by atoms with Gasteiger partial charge in [-0.05, 0) is 38.1 Å². The fourth-order valence-electron chi connectivity index (χ4n) is 2.01. The molecule has 0 atom stereocenters. The quantitative estimate of drug-likeness (QED) is 0.729. The molecule has 6 heteroatoms. The smallest absolute Gasteiger partial charge is 0.319 e. The number of aliphatic hydroxyl groups is 1. The molecule has 3 N–H and O–H groups in total. The van der Waals surface area contributed by atoms with Crippen molar-refractivity contribution < 1.29 is 14.6 Å². The van der Waals surface area contributed by atoms with Gasteiger partial charge in [0.15, 0.2) is 0 Å². The number of hydrogen-bond acceptors (Lipinski definition) is 4. The van der Waals surface area contributed by atoms with Crippen LogP contribution in [-0.4, -0.2) is 34.9 Å². The number of aliphatic hydroxyl groups excluding tert-OH is 1. The number of hydrogen-bond donors (Lipinski definition) is 3. The molecule has 0 bridgehead atoms. The molecule has 0 unspecified atom stereocenters. The van der Waals surface area contributed by atoms with Crippen LogP contribution in [0.25, 0.3) is 0 Å². The van der Waals surface area contributed by atoms with Gasteiger partial charge in [0, 0.05) is 18.3 Å². The zero-order chi connectivity index (χ0) is 17.4. The highest BCUT2D eigenvalue weighted by atomic mass is 16.5. The van der Waals surface area contributed by atoms with E-state index in [1.165, 1.54) is 0 Å². The molecule has 0 fully saturated rings. The number of benzene rings is 1. The summed E-state index contributed by atoms with van der Waals surface area (Å²) in [6, 6.07) is 12.6. The Morgan fingerprint density at radius 2 is 1.96 bits per heavy atom. The Labute approximate surface area is 141 Å². The van der Waals surface area contributed by atoms with E-state index in [0.717, 1.165) is 5.69 Å². The van der Waals surface area contributed by atoms with Gasteiger partial charge in [-0.15, -0.1) is 0 Å². The van der Waals surface area contributed by atoms with E-state index in [1.807, 2.05) is 30.3 Å². The van der Waals surface area contributed by atoms with Crippen molar-refractivity contribution in [2.45, 2.75) is 25.8 Å². The second kappa shape index (κ2) is 8.31. The summed E-state index contributed by atoms with van der Waals surface area (Å²) in [4.78, 5) is 16.3. The lowest BCUT2D eigenvalue weighted by molar-refractivity contribution is 0.187. The predicted molar refractivity (Wildman–Crippen MR) is 93.2 cm³/mol. The molecule has 1 aromatic heterocycles. The lowest BCUT2D eigenvalue weighted by Gasteiger charge is -2.24. The van der Waals surface area contributed by atoms with Gasteiger partial charge in [-0.3, -0.25) is 4.98 Å². The van der Waals surface area contributed by atoms with Crippen molar-refractivity contribution in [3.05, 3.63) is 54.4 Å². The molecule has 128 valence electrons. The van der Waals surface area contributed by atoms with Gasteiger partial charge in [-0.2, -0.15) is 0 Å². The Bertz CT molecular complexity index is 660. The van der Waals surface area contributed by atoms with Crippen molar-refractivity contribution in [2.24, 2.45) is 0 Å². The maximum atomic E-state index is 12.0. The van der Waals surface area contributed by atoms with Crippen LogP contribution in [-0.2, 0) is 6.42 Å². The summed E-state index contributed by atoms with van der Waals surface area (Å²) in [5.41, 5.74) is 0.828. The molecule has 0 saturated heterocycles. The van der Waals surface area contributed by atoms with Crippen LogP contribution in [0.4, 0.5) is 10.5 Å². The van der Waals surface area contributed by atoms with E-state index in [9.17, 15) is 9.90 Å². The van der Waals surface area contributed by atoms with Crippen molar-refractivity contribution in [3.8, 4) is 5.75 Å². The monoisotopic (exact) mass is 329 g/mol. The Balaban J connectivity index is 1.93. The van der Waals surface area contributed by atoms with Gasteiger partial charge in [-0.1, -0.05) is 18.2 Å². The summed E-state index contributed by atoms with van der Waals surface area (Å²) >= 11 is 0. The first-order valence-electron chi connectivity index (χ1n) is 7.82. The fraction of sp³-hybridized carbons (Fsp3) is 0.333. The van der Waals surface area contributed by atoms with Crippen LogP contribution >= 0.6 is 0 Å². The molecular formula is C18H23N3O3. The summed E-state index contributed by atoms with van der Waals surface area (Å²) in [5.74, 6) is 0.588. The van der Waals surface area contributed by atoms with E-state index in [4.69, 9.17) is 4.74 Å². The van der Waals surface area contributed by atoms with Crippen LogP contribution in [0.1, 0.15) is 19.5 Å². The second-order valence-corrected chi connectivity index (χ2v) is 6.04. The first-order valence-corrected chi connectivity index (χ1v) is 7.82. The molecule has 0 aliphatic rings. The minimum Gasteiger partial charge on any atom is -0.491 e. The van der Waals surface area contributed by atoms with Crippen LogP contribution in [0.5, 0.6) is 5.75 Å². The normalized spacial score (nSPS) is 11.0. The molecule has 0 aliphatic heterocycles. The van der Waals surface area contributed by atoms with Crippen molar-refractivity contribution in [2.75, 3.05) is 18.5 Å². The van der Waals surface area contributed by atoms with Crippen LogP contribution in [0.2, 0.25) is 0 Å². The van der Waals surface area contributed by atoms with E-state index in [0.29, 0.717) is 24.5 Å². The maximum absolute atomic E-state index is 12.0. The summed E-state index contributed by atoms with van der Waals surface area (Å²) in [7, 11) is 0. The first kappa shape index (κ1) is 17.7. The largest absolute Gasteiger partial charge is 0.491 e. The third-order valence-corrected chi connectivity index (χ3v) is 3.32. The number of carbonyl (C=O) groups excluding carboxylic acids is 1. The first-order chi connectivity index (χ1) is 11.5. The number of aromatic nitrogens is 1. The SMILES string of the molecule is CC(C)(CO)NC(=O)Nc1ccccc1OCCc1ccccn1. The average Bonchev–Trinajstić information content (AvgIpc) is 2.57. The van der Waals surface area contributed by atoms with E-state index < -0.39 is 11.6 Å². The maximum Gasteiger partial charge on any atom is 0.319 e. The van der Waals surface area contributed by atoms with Gasteiger partial charge in [0.05, 0.1) is 24.4 Å². The van der Waals surface area contributed by atoms with Crippen molar-refractivity contribution >= 4 is 11.7 Å². The fourth-order valence-corrected chi connectivity index (χ4v) is 2.01. The Morgan fingerprint density at radius 3 is 2.67 bits per heavy atom. The Kier molecular flexibility index (Phi) is 6.14. The third-order valence-electron chi connectivity index (χ3n) is 3.32. The Hall–Kier alpha value is -2.60. The van der Waals surface area contributed by atoms with Gasteiger partial charge in [0.1, 0.15) is 5.75 Å². The highest BCUT2D eigenvalue weighted by Gasteiger charge is 2.19. The van der Waals surface area contributed by atoms with Crippen LogP contribution < -0.4 is 15.4 Å². The molecule has 0 aliphatic carbocycles. The second-order valence-electron chi connectivity index (χ2n) is 6.04. The van der Waals surface area contributed by atoms with Crippen LogP contribution in [0.3, 0.4) is 0 Å². The van der Waals surface area contributed by atoms with E-state index >= 15 is 0 Å². The van der Waals surface area contributed by atoms with Gasteiger partial charge in [0.25, 0.3) is 0 Å². The van der Waals surface area contributed by atoms with E-state index in [1.54, 1.807) is 32.2 Å². The number of urea groups is 1. The number of anilines is 1. The van der Waals surface area contributed by atoms with E-state index in [-0.39, 0.29) is 6.61 Å². The zero-order valence-electron chi connectivity index (χ0n) is 14.0. The summed E-state index contributed by atoms with van der Waals surface area (Å²) in [6.45, 7) is 3.78. The molecular weight excluding hydrogens is 306 g/mol. The highest BCUT2D eigenvalue weighted by Crippen LogP contribution is 2.24. The number of amides is 2. The Morgan fingerprint density at radius 1 is 1.21 bits per heavy atom. The summed E-state index contributed by atoms with van der Waals surface area (Å²) in [6.07, 6.45) is 2.43. The molecule has 2 aromatic rings. The van der Waals surface area contributed by atoms with Crippen molar-refractivity contribution in [3.63, 3.8) is 0 Å². The lowest BCUT2D eigenvalue weighted by Crippen LogP contribution is -2.48. The lowest BCUT2D eigenvalue weighted by atomic mass is 10.1. The number of nitrogens with zero attached hydrogens (tertiary/aromatic N) is 1. The van der Waals surface area contributed by atoms with Gasteiger partial charge >= 0.3 is 6.03 Å². The zero-order valence-corrected chi connectivity index (χ0v) is 14.0. The predicted octanol–water partition coefficient (Wildman–Crippen LogP) is 2.60. The van der Waals surface area contributed by atoms with Crippen molar-refractivity contribution in [1.82, 2.24) is 10.3 Å². The molecule has 2 amide bonds. The minimum atomic E-state index is -0.696. The molecule has 1 heterocycles. The molecule has 24 heavy (non-hydrogen) atoms. The number of rotatable bonds is 7. The van der Waals surface area contributed by atoms with E-state index in [2.05, 4.69) is 15.6 Å². The van der Waals surface area contributed by atoms with Crippen molar-refractivity contribution in [1.29, 1.82) is 0 Å². The average molecular weight is 329 g/mol. The molecule has 6 nitrogen and oxygen atoms in total. The number of carbonyl (C=O) groups is 1. The number of pyridine rings is 1. The number of para-hydroxylation sites is 2. The number of nitrogens with one attached hydrogen (secondary N) is 2. The van der Waals surface area contributed by atoms with Gasteiger partial charge in [-0.25, -0.2) is 4.79 Å². The standard InChI is InChI=1S/C18H23N3O3/c1-18(2,13-22)21-17(23)20-15-8-3-4-9-16(15)24-12-10-14-7-5-6-11-19-14/h3-9,11,22H,10,12-13H2,1-2H3,(H2,20,21,23). The third kappa shape index (κ3) is 5.55. The minimum absolute atomic E-state index is 0.150. The summed E-state index contributed by atoms with van der Waals surface area (Å²) in [5, 5.41) is 14.7. The summed E-state index contributed by atoms with van der Waals surface area (Å²) < 4.78 is 5.77. The molecule has 2 rings (SSSR count). The highest BCUT2D eigenvalue weighted by molar-refractivity contribution is 5.91. The van der Waals surface area contributed by atoms with Gasteiger partial charge < -0.3 is 20.5 Å². The van der Waals surface area contributed by atoms with Crippen LogP contribution in [0.15, 0.2) is 48.7 Å². The number of ether oxygens (including phenoxy) is 1. The molecule has 1 aromatic carbocycles. The van der Waals surface area contributed by atoms with Crippen LogP contribution in [0, 0.1) is 0 Å². The molecule has 0 radical (unpaired) electrons. The van der Waals surface area contributed by atoms with Gasteiger partial charge in [0.2, 0.25) is 0 Å².